The zero-order valence-electron chi connectivity index (χ0n) is 11.0. The smallest absolute Gasteiger partial charge is 0.311 e. The van der Waals surface area contributed by atoms with E-state index in [9.17, 15) is 9.59 Å². The molecule has 0 spiro atoms. The Hall–Kier alpha value is -2.50. The number of amides is 1. The molecule has 2 rings (SSSR count). The average Bonchev–Trinajstić information content (AvgIpc) is 2.46. The van der Waals surface area contributed by atoms with Gasteiger partial charge in [-0.3, -0.25) is 9.59 Å². The summed E-state index contributed by atoms with van der Waals surface area (Å²) in [5.41, 5.74) is 0.254. The number of methoxy groups -OCH3 is 1. The Labute approximate surface area is 116 Å². The zero-order chi connectivity index (χ0) is 14.5. The molecule has 6 nitrogen and oxygen atoms in total. The minimum atomic E-state index is -0.778. The van der Waals surface area contributed by atoms with E-state index in [4.69, 9.17) is 9.47 Å². The van der Waals surface area contributed by atoms with Gasteiger partial charge in [-0.1, -0.05) is 18.7 Å². The van der Waals surface area contributed by atoms with Crippen molar-refractivity contribution in [1.29, 1.82) is 0 Å². The van der Waals surface area contributed by atoms with Crippen LogP contribution in [0.2, 0.25) is 0 Å². The van der Waals surface area contributed by atoms with Crippen LogP contribution in [0, 0.1) is 0 Å². The van der Waals surface area contributed by atoms with Crippen molar-refractivity contribution in [1.82, 2.24) is 5.32 Å². The van der Waals surface area contributed by atoms with Crippen LogP contribution >= 0.6 is 0 Å². The summed E-state index contributed by atoms with van der Waals surface area (Å²) in [4.78, 5) is 23.0. The molecule has 1 aromatic carbocycles. The van der Waals surface area contributed by atoms with Crippen molar-refractivity contribution < 1.29 is 23.8 Å². The Bertz CT molecular complexity index is 540. The molecule has 0 radical (unpaired) electrons. The molecule has 1 aromatic rings. The van der Waals surface area contributed by atoms with E-state index in [0.29, 0.717) is 11.5 Å². The van der Waals surface area contributed by atoms with Crippen molar-refractivity contribution in [3.63, 3.8) is 0 Å². The van der Waals surface area contributed by atoms with Crippen LogP contribution in [0.25, 0.3) is 0 Å². The number of esters is 1. The molecule has 0 aliphatic carbocycles. The predicted molar refractivity (Wildman–Crippen MR) is 70.3 cm³/mol. The number of ether oxygens (including phenoxy) is 3. The van der Waals surface area contributed by atoms with Gasteiger partial charge in [0.1, 0.15) is 6.61 Å². The number of benzene rings is 1. The lowest BCUT2D eigenvalue weighted by molar-refractivity contribution is -0.139. The van der Waals surface area contributed by atoms with E-state index in [0.717, 1.165) is 0 Å². The molecule has 0 saturated heterocycles. The molecule has 0 saturated carbocycles. The van der Waals surface area contributed by atoms with Gasteiger partial charge >= 0.3 is 5.97 Å². The van der Waals surface area contributed by atoms with Gasteiger partial charge in [-0.15, -0.1) is 0 Å². The first-order valence-electron chi connectivity index (χ1n) is 6.04. The number of hydrogen-bond donors (Lipinski definition) is 1. The van der Waals surface area contributed by atoms with Crippen LogP contribution in [0.5, 0.6) is 11.5 Å². The summed E-state index contributed by atoms with van der Waals surface area (Å²) in [5.74, 6) is 0.234. The number of para-hydroxylation sites is 2. The Morgan fingerprint density at radius 3 is 2.80 bits per heavy atom. The van der Waals surface area contributed by atoms with E-state index in [-0.39, 0.29) is 18.7 Å². The number of hydrogen-bond acceptors (Lipinski definition) is 5. The van der Waals surface area contributed by atoms with Crippen LogP contribution in [0.15, 0.2) is 36.5 Å². The number of rotatable bonds is 4. The first kappa shape index (κ1) is 13.9. The van der Waals surface area contributed by atoms with Crippen molar-refractivity contribution in [3.05, 3.63) is 36.5 Å². The predicted octanol–water partition coefficient (Wildman–Crippen LogP) is 1.02. The average molecular weight is 277 g/mol. The minimum absolute atomic E-state index is 0.0770. The van der Waals surface area contributed by atoms with E-state index < -0.39 is 18.0 Å². The van der Waals surface area contributed by atoms with Crippen LogP contribution in [0.1, 0.15) is 6.42 Å². The van der Waals surface area contributed by atoms with Gasteiger partial charge in [-0.05, 0) is 12.1 Å². The quantitative estimate of drug-likeness (QED) is 0.832. The lowest BCUT2D eigenvalue weighted by atomic mass is 10.2. The normalized spacial score (nSPS) is 16.1. The lowest BCUT2D eigenvalue weighted by Gasteiger charge is -2.25. The van der Waals surface area contributed by atoms with Crippen molar-refractivity contribution in [2.75, 3.05) is 13.7 Å². The van der Waals surface area contributed by atoms with E-state index in [1.165, 1.54) is 7.11 Å². The molecule has 1 amide bonds. The van der Waals surface area contributed by atoms with Crippen molar-refractivity contribution in [3.8, 4) is 11.5 Å². The zero-order valence-corrected chi connectivity index (χ0v) is 11.0. The molecular weight excluding hydrogens is 262 g/mol. The first-order valence-corrected chi connectivity index (χ1v) is 6.04. The second-order valence-electron chi connectivity index (χ2n) is 4.21. The molecule has 0 bridgehead atoms. The van der Waals surface area contributed by atoms with Crippen molar-refractivity contribution >= 4 is 11.9 Å². The molecule has 0 aromatic heterocycles. The fourth-order valence-corrected chi connectivity index (χ4v) is 1.69. The second-order valence-corrected chi connectivity index (χ2v) is 4.21. The monoisotopic (exact) mass is 277 g/mol. The fraction of sp³-hybridized carbons (Fsp3) is 0.286. The van der Waals surface area contributed by atoms with Gasteiger partial charge in [0.2, 0.25) is 6.10 Å². The molecule has 1 aliphatic rings. The summed E-state index contributed by atoms with van der Waals surface area (Å²) in [6, 6.07) is 7.09. The van der Waals surface area contributed by atoms with Gasteiger partial charge in [0, 0.05) is 5.70 Å². The molecule has 0 unspecified atom stereocenters. The van der Waals surface area contributed by atoms with Gasteiger partial charge in [0.25, 0.3) is 5.91 Å². The SMILES string of the molecule is C=C(CC(=O)OC)NC(=O)[C@H]1COc2ccccc2O1. The maximum Gasteiger partial charge on any atom is 0.311 e. The van der Waals surface area contributed by atoms with Crippen LogP contribution in [-0.2, 0) is 14.3 Å². The van der Waals surface area contributed by atoms with Crippen molar-refractivity contribution in [2.45, 2.75) is 12.5 Å². The van der Waals surface area contributed by atoms with Crippen molar-refractivity contribution in [2.24, 2.45) is 0 Å². The molecule has 1 N–H and O–H groups in total. The summed E-state index contributed by atoms with van der Waals surface area (Å²) >= 11 is 0. The van der Waals surface area contributed by atoms with Crippen LogP contribution in [-0.4, -0.2) is 31.7 Å². The maximum absolute atomic E-state index is 12.0. The Kier molecular flexibility index (Phi) is 4.24. The fourth-order valence-electron chi connectivity index (χ4n) is 1.69. The third-order valence-corrected chi connectivity index (χ3v) is 2.69. The van der Waals surface area contributed by atoms with Gasteiger partial charge in [0.15, 0.2) is 11.5 Å². The van der Waals surface area contributed by atoms with Crippen LogP contribution < -0.4 is 14.8 Å². The summed E-state index contributed by atoms with van der Waals surface area (Å²) in [6.45, 7) is 3.70. The van der Waals surface area contributed by atoms with E-state index in [1.54, 1.807) is 18.2 Å². The third kappa shape index (κ3) is 3.28. The third-order valence-electron chi connectivity index (χ3n) is 2.69. The molecule has 6 heteroatoms. The standard InChI is InChI=1S/C14H15NO5/c1-9(7-13(16)18-2)15-14(17)12-8-19-10-5-3-4-6-11(10)20-12/h3-6,12H,1,7-8H2,2H3,(H,15,17)/t12-/m1/s1. The Morgan fingerprint density at radius 2 is 2.10 bits per heavy atom. The first-order chi connectivity index (χ1) is 9.60. The Morgan fingerprint density at radius 1 is 1.40 bits per heavy atom. The number of carbonyl (C=O) groups is 2. The Balaban J connectivity index is 1.92. The maximum atomic E-state index is 12.0. The second kappa shape index (κ2) is 6.10. The van der Waals surface area contributed by atoms with E-state index in [1.807, 2.05) is 6.07 Å². The molecule has 0 fully saturated rings. The molecule has 1 atom stereocenters. The number of nitrogens with one attached hydrogen (secondary N) is 1. The molecule has 106 valence electrons. The van der Waals surface area contributed by atoms with Crippen LogP contribution in [0.4, 0.5) is 0 Å². The lowest BCUT2D eigenvalue weighted by Crippen LogP contribution is -2.43. The van der Waals surface area contributed by atoms with Gasteiger partial charge < -0.3 is 19.5 Å². The molecule has 20 heavy (non-hydrogen) atoms. The molecular formula is C14H15NO5. The highest BCUT2D eigenvalue weighted by atomic mass is 16.6. The minimum Gasteiger partial charge on any atom is -0.485 e. The summed E-state index contributed by atoms with van der Waals surface area (Å²) < 4.78 is 15.5. The van der Waals surface area contributed by atoms with Gasteiger partial charge in [0.05, 0.1) is 13.5 Å². The molecule has 1 aliphatic heterocycles. The largest absolute Gasteiger partial charge is 0.485 e. The van der Waals surface area contributed by atoms with Crippen LogP contribution in [0.3, 0.4) is 0 Å². The van der Waals surface area contributed by atoms with E-state index >= 15 is 0 Å². The highest BCUT2D eigenvalue weighted by Crippen LogP contribution is 2.30. The summed E-state index contributed by atoms with van der Waals surface area (Å²) in [7, 11) is 1.27. The summed E-state index contributed by atoms with van der Waals surface area (Å²) in [6.07, 6.45) is -0.855. The van der Waals surface area contributed by atoms with Gasteiger partial charge in [-0.25, -0.2) is 0 Å². The number of fused-ring (bicyclic) bond motifs is 1. The highest BCUT2D eigenvalue weighted by molar-refractivity contribution is 5.84. The van der Waals surface area contributed by atoms with Gasteiger partial charge in [-0.2, -0.15) is 0 Å². The topological polar surface area (TPSA) is 73.9 Å². The van der Waals surface area contributed by atoms with E-state index in [2.05, 4.69) is 16.6 Å². The highest BCUT2D eigenvalue weighted by Gasteiger charge is 2.27. The number of carbonyl (C=O) groups excluding carboxylic acids is 2. The summed E-state index contributed by atoms with van der Waals surface area (Å²) in [5, 5.41) is 2.51. The molecule has 1 heterocycles.